The van der Waals surface area contributed by atoms with E-state index in [0.29, 0.717) is 12.5 Å². The molecular weight excluding hydrogens is 254 g/mol. The summed E-state index contributed by atoms with van der Waals surface area (Å²) in [5.74, 6) is 1.32. The van der Waals surface area contributed by atoms with E-state index < -0.39 is 0 Å². The summed E-state index contributed by atoms with van der Waals surface area (Å²) in [6, 6.07) is 6.04. The number of nitrogens with two attached hydrogens (primary N) is 1. The zero-order valence-corrected chi connectivity index (χ0v) is 10.2. The van der Waals surface area contributed by atoms with Crippen LogP contribution in [-0.2, 0) is 0 Å². The fourth-order valence-corrected chi connectivity index (χ4v) is 2.03. The third kappa shape index (κ3) is 2.06. The quantitative estimate of drug-likeness (QED) is 0.899. The van der Waals surface area contributed by atoms with E-state index in [1.54, 1.807) is 0 Å². The van der Waals surface area contributed by atoms with Crippen LogP contribution in [0.2, 0.25) is 0 Å². The number of fused-ring (bicyclic) bond motifs is 1. The number of imidazole rings is 1. The highest BCUT2D eigenvalue weighted by Gasteiger charge is 2.11. The Bertz CT molecular complexity index is 460. The lowest BCUT2D eigenvalue weighted by molar-refractivity contribution is 0.641. The average molecular weight is 268 g/mol. The fraction of sp³-hybridized carbons (Fsp3) is 0.364. The zero-order chi connectivity index (χ0) is 10.8. The molecule has 80 valence electrons. The number of nitrogens with one attached hydrogen (secondary N) is 1. The van der Waals surface area contributed by atoms with Gasteiger partial charge in [0.15, 0.2) is 0 Å². The number of halogens is 1. The minimum Gasteiger partial charge on any atom is -0.342 e. The van der Waals surface area contributed by atoms with Gasteiger partial charge in [-0.25, -0.2) is 4.98 Å². The first-order valence-electron chi connectivity index (χ1n) is 5.09. The highest BCUT2D eigenvalue weighted by molar-refractivity contribution is 9.10. The van der Waals surface area contributed by atoms with Crippen molar-refractivity contribution in [3.8, 4) is 0 Å². The molecule has 3 nitrogen and oxygen atoms in total. The monoisotopic (exact) mass is 267 g/mol. The van der Waals surface area contributed by atoms with Crippen molar-refractivity contribution >= 4 is 27.0 Å². The molecule has 0 bridgehead atoms. The summed E-state index contributed by atoms with van der Waals surface area (Å²) >= 11 is 3.44. The molecular formula is C11H14BrN3. The van der Waals surface area contributed by atoms with Crippen molar-refractivity contribution in [3.05, 3.63) is 28.5 Å². The molecule has 0 saturated carbocycles. The number of benzene rings is 1. The van der Waals surface area contributed by atoms with Crippen LogP contribution < -0.4 is 5.73 Å². The molecule has 2 aromatic rings. The Kier molecular flexibility index (Phi) is 3.07. The van der Waals surface area contributed by atoms with Crippen LogP contribution in [0.3, 0.4) is 0 Å². The lowest BCUT2D eigenvalue weighted by Crippen LogP contribution is -2.12. The summed E-state index contributed by atoms with van der Waals surface area (Å²) in [4.78, 5) is 7.86. The molecule has 3 N–H and O–H groups in total. The second kappa shape index (κ2) is 4.33. The van der Waals surface area contributed by atoms with Gasteiger partial charge in [-0.15, -0.1) is 0 Å². The van der Waals surface area contributed by atoms with Gasteiger partial charge in [0.05, 0.1) is 11.0 Å². The Morgan fingerprint density at radius 1 is 1.53 bits per heavy atom. The molecule has 1 aromatic carbocycles. The molecule has 0 fully saturated rings. The van der Waals surface area contributed by atoms with Crippen molar-refractivity contribution in [2.45, 2.75) is 19.3 Å². The van der Waals surface area contributed by atoms with Gasteiger partial charge < -0.3 is 10.7 Å². The largest absolute Gasteiger partial charge is 0.342 e. The first-order valence-corrected chi connectivity index (χ1v) is 5.89. The van der Waals surface area contributed by atoms with E-state index in [1.807, 2.05) is 18.2 Å². The normalized spacial score (nSPS) is 13.3. The van der Waals surface area contributed by atoms with E-state index >= 15 is 0 Å². The fourth-order valence-electron chi connectivity index (χ4n) is 1.67. The molecule has 1 unspecified atom stereocenters. The van der Waals surface area contributed by atoms with Crippen molar-refractivity contribution in [1.82, 2.24) is 9.97 Å². The smallest absolute Gasteiger partial charge is 0.111 e. The molecule has 15 heavy (non-hydrogen) atoms. The van der Waals surface area contributed by atoms with E-state index in [9.17, 15) is 0 Å². The van der Waals surface area contributed by atoms with Gasteiger partial charge in [0.1, 0.15) is 5.82 Å². The Morgan fingerprint density at radius 3 is 3.00 bits per heavy atom. The van der Waals surface area contributed by atoms with Crippen LogP contribution in [0, 0.1) is 0 Å². The first kappa shape index (κ1) is 10.6. The van der Waals surface area contributed by atoms with Crippen molar-refractivity contribution in [2.75, 3.05) is 6.54 Å². The molecule has 0 saturated heterocycles. The predicted octanol–water partition coefficient (Wildman–Crippen LogP) is 2.78. The van der Waals surface area contributed by atoms with Crippen molar-refractivity contribution in [3.63, 3.8) is 0 Å². The van der Waals surface area contributed by atoms with Gasteiger partial charge >= 0.3 is 0 Å². The first-order chi connectivity index (χ1) is 7.24. The lowest BCUT2D eigenvalue weighted by Gasteiger charge is -2.07. The highest BCUT2D eigenvalue weighted by atomic mass is 79.9. The summed E-state index contributed by atoms with van der Waals surface area (Å²) < 4.78 is 1.06. The summed E-state index contributed by atoms with van der Waals surface area (Å²) in [6.45, 7) is 2.76. The highest BCUT2D eigenvalue weighted by Crippen LogP contribution is 2.22. The van der Waals surface area contributed by atoms with Gasteiger partial charge in [-0.2, -0.15) is 0 Å². The third-order valence-electron chi connectivity index (χ3n) is 2.63. The Morgan fingerprint density at radius 2 is 2.33 bits per heavy atom. The van der Waals surface area contributed by atoms with Gasteiger partial charge in [0.2, 0.25) is 0 Å². The number of rotatable bonds is 3. The Balaban J connectivity index is 2.46. The van der Waals surface area contributed by atoms with Crippen molar-refractivity contribution in [1.29, 1.82) is 0 Å². The molecule has 4 heteroatoms. The third-order valence-corrected chi connectivity index (χ3v) is 3.12. The minimum absolute atomic E-state index is 0.330. The van der Waals surface area contributed by atoms with Crippen LogP contribution >= 0.6 is 15.9 Å². The van der Waals surface area contributed by atoms with Crippen molar-refractivity contribution in [2.24, 2.45) is 5.73 Å². The number of aromatic nitrogens is 2. The number of hydrogen-bond donors (Lipinski definition) is 2. The molecule has 1 heterocycles. The number of nitrogens with zero attached hydrogens (tertiary/aromatic N) is 1. The number of hydrogen-bond acceptors (Lipinski definition) is 2. The summed E-state index contributed by atoms with van der Waals surface area (Å²) in [7, 11) is 0. The van der Waals surface area contributed by atoms with E-state index in [1.165, 1.54) is 0 Å². The number of H-pyrrole nitrogens is 1. The van der Waals surface area contributed by atoms with Crippen LogP contribution in [0.4, 0.5) is 0 Å². The van der Waals surface area contributed by atoms with Gasteiger partial charge in [-0.05, 0) is 24.6 Å². The molecule has 0 aliphatic rings. The average Bonchev–Trinajstić information content (AvgIpc) is 2.62. The second-order valence-corrected chi connectivity index (χ2v) is 4.54. The maximum atomic E-state index is 5.70. The zero-order valence-electron chi connectivity index (χ0n) is 8.63. The standard InChI is InChI=1S/C11H14BrN3/c1-2-7(6-13)11-14-9-4-3-8(12)5-10(9)15-11/h3-5,7H,2,6,13H2,1H3,(H,14,15). The van der Waals surface area contributed by atoms with Gasteiger partial charge in [0, 0.05) is 16.9 Å². The van der Waals surface area contributed by atoms with Crippen LogP contribution in [0.1, 0.15) is 25.1 Å². The van der Waals surface area contributed by atoms with Gasteiger partial charge in [0.25, 0.3) is 0 Å². The molecule has 1 atom stereocenters. The van der Waals surface area contributed by atoms with Crippen LogP contribution in [0.25, 0.3) is 11.0 Å². The molecule has 1 aromatic heterocycles. The Hall–Kier alpha value is -0.870. The SMILES string of the molecule is CCC(CN)c1nc2ccc(Br)cc2[nH]1. The summed E-state index contributed by atoms with van der Waals surface area (Å²) in [6.07, 6.45) is 1.01. The van der Waals surface area contributed by atoms with Gasteiger partial charge in [-0.3, -0.25) is 0 Å². The van der Waals surface area contributed by atoms with Crippen LogP contribution in [-0.4, -0.2) is 16.5 Å². The van der Waals surface area contributed by atoms with E-state index in [4.69, 9.17) is 5.73 Å². The molecule has 2 rings (SSSR count). The van der Waals surface area contributed by atoms with Gasteiger partial charge in [-0.1, -0.05) is 22.9 Å². The molecule has 0 amide bonds. The molecule has 0 radical (unpaired) electrons. The van der Waals surface area contributed by atoms with E-state index in [-0.39, 0.29) is 0 Å². The van der Waals surface area contributed by atoms with Crippen molar-refractivity contribution < 1.29 is 0 Å². The minimum atomic E-state index is 0.330. The maximum Gasteiger partial charge on any atom is 0.111 e. The molecule has 0 spiro atoms. The maximum absolute atomic E-state index is 5.70. The topological polar surface area (TPSA) is 54.7 Å². The van der Waals surface area contributed by atoms with Crippen LogP contribution in [0.5, 0.6) is 0 Å². The van der Waals surface area contributed by atoms with Crippen LogP contribution in [0.15, 0.2) is 22.7 Å². The molecule has 0 aliphatic carbocycles. The summed E-state index contributed by atoms with van der Waals surface area (Å²) in [5, 5.41) is 0. The van der Waals surface area contributed by atoms with E-state index in [2.05, 4.69) is 32.8 Å². The lowest BCUT2D eigenvalue weighted by atomic mass is 10.1. The summed E-state index contributed by atoms with van der Waals surface area (Å²) in [5.41, 5.74) is 7.76. The Labute approximate surface area is 97.2 Å². The molecule has 0 aliphatic heterocycles. The predicted molar refractivity (Wildman–Crippen MR) is 65.9 cm³/mol. The van der Waals surface area contributed by atoms with E-state index in [0.717, 1.165) is 27.8 Å². The second-order valence-electron chi connectivity index (χ2n) is 3.62. The number of aromatic amines is 1.